The average molecular weight is 442 g/mol. The van der Waals surface area contributed by atoms with Gasteiger partial charge in [0.05, 0.1) is 19.5 Å². The van der Waals surface area contributed by atoms with Gasteiger partial charge in [-0.2, -0.15) is 0 Å². The van der Waals surface area contributed by atoms with Crippen molar-refractivity contribution in [3.63, 3.8) is 0 Å². The second-order valence-electron chi connectivity index (χ2n) is 8.18. The van der Waals surface area contributed by atoms with E-state index >= 15 is 0 Å². The number of hydrogen-bond acceptors (Lipinski definition) is 5. The first kappa shape index (κ1) is 23.9. The maximum atomic E-state index is 12.9. The van der Waals surface area contributed by atoms with Crippen molar-refractivity contribution in [3.05, 3.63) is 48.5 Å². The topological polar surface area (TPSA) is 88.5 Å². The van der Waals surface area contributed by atoms with Crippen molar-refractivity contribution in [2.24, 2.45) is 5.92 Å². The Morgan fingerprint density at radius 1 is 1.19 bits per heavy atom. The van der Waals surface area contributed by atoms with E-state index in [9.17, 15) is 9.59 Å². The van der Waals surface area contributed by atoms with E-state index < -0.39 is 0 Å². The van der Waals surface area contributed by atoms with Crippen LogP contribution >= 0.6 is 0 Å². The second-order valence-corrected chi connectivity index (χ2v) is 8.18. The van der Waals surface area contributed by atoms with Crippen LogP contribution in [0.2, 0.25) is 0 Å². The van der Waals surface area contributed by atoms with Gasteiger partial charge in [0, 0.05) is 62.3 Å². The summed E-state index contributed by atoms with van der Waals surface area (Å²) in [6, 6.07) is 7.39. The van der Waals surface area contributed by atoms with Crippen molar-refractivity contribution in [1.29, 1.82) is 0 Å². The molecule has 0 aliphatic carbocycles. The molecular formula is C24H35N5O3. The van der Waals surface area contributed by atoms with Crippen molar-refractivity contribution in [1.82, 2.24) is 19.8 Å². The minimum absolute atomic E-state index is 0.0997. The molecule has 2 aromatic rings. The number of aromatic nitrogens is 2. The molecule has 1 unspecified atom stereocenters. The van der Waals surface area contributed by atoms with Crippen molar-refractivity contribution in [2.75, 3.05) is 38.2 Å². The summed E-state index contributed by atoms with van der Waals surface area (Å²) in [5.74, 6) is 0.302. The van der Waals surface area contributed by atoms with E-state index in [1.165, 1.54) is 0 Å². The Bertz CT molecular complexity index is 845. The largest absolute Gasteiger partial charge is 0.379 e. The Morgan fingerprint density at radius 2 is 1.97 bits per heavy atom. The van der Waals surface area contributed by atoms with Gasteiger partial charge in [0.15, 0.2) is 0 Å². The fourth-order valence-electron chi connectivity index (χ4n) is 4.25. The van der Waals surface area contributed by atoms with Crippen LogP contribution in [-0.4, -0.2) is 65.2 Å². The quantitative estimate of drug-likeness (QED) is 0.560. The summed E-state index contributed by atoms with van der Waals surface area (Å²) in [7, 11) is 0. The van der Waals surface area contributed by atoms with Gasteiger partial charge in [0.2, 0.25) is 5.91 Å². The number of ether oxygens (including phenoxy) is 1. The molecule has 1 saturated heterocycles. The highest BCUT2D eigenvalue weighted by Gasteiger charge is 2.27. The van der Waals surface area contributed by atoms with Gasteiger partial charge in [0.25, 0.3) is 5.91 Å². The normalized spacial score (nSPS) is 15.5. The van der Waals surface area contributed by atoms with Crippen LogP contribution in [0.4, 0.5) is 5.69 Å². The number of carbonyl (C=O) groups is 2. The molecule has 0 saturated carbocycles. The summed E-state index contributed by atoms with van der Waals surface area (Å²) in [6.07, 6.45) is 7.69. The maximum Gasteiger partial charge on any atom is 0.251 e. The molecule has 8 nitrogen and oxygen atoms in total. The molecule has 2 heterocycles. The third kappa shape index (κ3) is 6.90. The molecule has 174 valence electrons. The number of imidazole rings is 1. The minimum atomic E-state index is -0.122. The van der Waals surface area contributed by atoms with Gasteiger partial charge in [-0.15, -0.1) is 0 Å². The smallest absolute Gasteiger partial charge is 0.251 e. The minimum Gasteiger partial charge on any atom is -0.379 e. The highest BCUT2D eigenvalue weighted by molar-refractivity contribution is 5.97. The molecule has 32 heavy (non-hydrogen) atoms. The molecule has 0 spiro atoms. The van der Waals surface area contributed by atoms with Crippen LogP contribution in [-0.2, 0) is 16.1 Å². The van der Waals surface area contributed by atoms with E-state index in [0.29, 0.717) is 42.7 Å². The molecule has 1 aliphatic rings. The lowest BCUT2D eigenvalue weighted by molar-refractivity contribution is -0.116. The van der Waals surface area contributed by atoms with Gasteiger partial charge in [-0.05, 0) is 24.1 Å². The molecule has 2 amide bonds. The molecular weight excluding hydrogens is 406 g/mol. The Hall–Kier alpha value is -2.71. The van der Waals surface area contributed by atoms with Crippen LogP contribution in [0.25, 0.3) is 0 Å². The summed E-state index contributed by atoms with van der Waals surface area (Å²) in [6.45, 7) is 8.87. The van der Waals surface area contributed by atoms with Gasteiger partial charge in [0.1, 0.15) is 0 Å². The first-order valence-electron chi connectivity index (χ1n) is 11.6. The predicted molar refractivity (Wildman–Crippen MR) is 125 cm³/mol. The van der Waals surface area contributed by atoms with E-state index in [-0.39, 0.29) is 11.8 Å². The SMILES string of the molecule is CCC(CC)C(CNC(=O)c1cccc(NC(=O)CCn2ccnc2)c1)N1CCOCC1. The molecule has 8 heteroatoms. The summed E-state index contributed by atoms with van der Waals surface area (Å²) in [4.78, 5) is 31.5. The van der Waals surface area contributed by atoms with Gasteiger partial charge in [-0.25, -0.2) is 4.98 Å². The number of rotatable bonds is 11. The van der Waals surface area contributed by atoms with Crippen molar-refractivity contribution >= 4 is 17.5 Å². The van der Waals surface area contributed by atoms with Crippen LogP contribution in [0.5, 0.6) is 0 Å². The number of benzene rings is 1. The third-order valence-electron chi connectivity index (χ3n) is 6.14. The number of amides is 2. The molecule has 0 bridgehead atoms. The molecule has 0 radical (unpaired) electrons. The number of hydrogen-bond donors (Lipinski definition) is 2. The van der Waals surface area contributed by atoms with E-state index in [1.54, 1.807) is 36.8 Å². The maximum absolute atomic E-state index is 12.9. The van der Waals surface area contributed by atoms with Crippen LogP contribution in [0, 0.1) is 5.92 Å². The third-order valence-corrected chi connectivity index (χ3v) is 6.14. The van der Waals surface area contributed by atoms with Crippen molar-refractivity contribution in [3.8, 4) is 0 Å². The monoisotopic (exact) mass is 441 g/mol. The fraction of sp³-hybridized carbons (Fsp3) is 0.542. The Morgan fingerprint density at radius 3 is 2.66 bits per heavy atom. The number of anilines is 1. The zero-order valence-corrected chi connectivity index (χ0v) is 19.1. The first-order chi connectivity index (χ1) is 15.6. The van der Waals surface area contributed by atoms with Crippen molar-refractivity contribution in [2.45, 2.75) is 45.7 Å². The Kier molecular flexibility index (Phi) is 9.25. The van der Waals surface area contributed by atoms with Crippen LogP contribution in [0.3, 0.4) is 0 Å². The zero-order valence-electron chi connectivity index (χ0n) is 19.1. The molecule has 3 rings (SSSR count). The number of nitrogens with one attached hydrogen (secondary N) is 2. The summed E-state index contributed by atoms with van der Waals surface area (Å²) >= 11 is 0. The average Bonchev–Trinajstić information content (AvgIpc) is 3.35. The summed E-state index contributed by atoms with van der Waals surface area (Å²) < 4.78 is 7.36. The van der Waals surface area contributed by atoms with Gasteiger partial charge < -0.3 is 19.9 Å². The van der Waals surface area contributed by atoms with Gasteiger partial charge in [-0.1, -0.05) is 32.8 Å². The number of aryl methyl sites for hydroxylation is 1. The van der Waals surface area contributed by atoms with Crippen molar-refractivity contribution < 1.29 is 14.3 Å². The van der Waals surface area contributed by atoms with Crippen LogP contribution in [0.15, 0.2) is 43.0 Å². The zero-order chi connectivity index (χ0) is 22.8. The summed E-state index contributed by atoms with van der Waals surface area (Å²) in [5.41, 5.74) is 1.17. The molecule has 1 aromatic carbocycles. The van der Waals surface area contributed by atoms with E-state index in [4.69, 9.17) is 4.74 Å². The number of morpholine rings is 1. The molecule has 1 aromatic heterocycles. The molecule has 2 N–H and O–H groups in total. The lowest BCUT2D eigenvalue weighted by Gasteiger charge is -2.38. The first-order valence-corrected chi connectivity index (χ1v) is 11.6. The lowest BCUT2D eigenvalue weighted by Crippen LogP contribution is -2.52. The van der Waals surface area contributed by atoms with Crippen LogP contribution in [0.1, 0.15) is 43.5 Å². The lowest BCUT2D eigenvalue weighted by atomic mass is 9.92. The van der Waals surface area contributed by atoms with Gasteiger partial charge >= 0.3 is 0 Å². The van der Waals surface area contributed by atoms with Gasteiger partial charge in [-0.3, -0.25) is 14.5 Å². The van der Waals surface area contributed by atoms with E-state index in [0.717, 1.165) is 39.1 Å². The standard InChI is InChI=1S/C24H35N5O3/c1-3-19(4-2)22(29-12-14-32-15-13-29)17-26-24(31)20-6-5-7-21(16-20)27-23(30)8-10-28-11-9-25-18-28/h5-7,9,11,16,18-19,22H,3-4,8,10,12-15,17H2,1-2H3,(H,26,31)(H,27,30). The fourth-order valence-corrected chi connectivity index (χ4v) is 4.25. The Balaban J connectivity index is 1.56. The molecule has 1 aliphatic heterocycles. The number of nitrogens with zero attached hydrogens (tertiary/aromatic N) is 3. The molecule has 1 fully saturated rings. The highest BCUT2D eigenvalue weighted by atomic mass is 16.5. The van der Waals surface area contributed by atoms with Crippen LogP contribution < -0.4 is 10.6 Å². The molecule has 1 atom stereocenters. The second kappa shape index (κ2) is 12.4. The Labute approximate surface area is 190 Å². The summed E-state index contributed by atoms with van der Waals surface area (Å²) in [5, 5.41) is 6.00. The van der Waals surface area contributed by atoms with E-state index in [2.05, 4.69) is 34.4 Å². The number of carbonyl (C=O) groups excluding carboxylic acids is 2. The van der Waals surface area contributed by atoms with E-state index in [1.807, 2.05) is 10.8 Å². The highest BCUT2D eigenvalue weighted by Crippen LogP contribution is 2.20. The predicted octanol–water partition coefficient (Wildman–Crippen LogP) is 2.78.